The van der Waals surface area contributed by atoms with Crippen molar-refractivity contribution in [3.05, 3.63) is 29.6 Å². The molecule has 0 aliphatic rings. The Balaban J connectivity index is 2.75. The van der Waals surface area contributed by atoms with Crippen molar-refractivity contribution in [1.82, 2.24) is 0 Å². The van der Waals surface area contributed by atoms with Gasteiger partial charge in [0.25, 0.3) is 0 Å². The molecule has 0 amide bonds. The fraction of sp³-hybridized carbons (Fsp3) is 0.500. The van der Waals surface area contributed by atoms with Crippen LogP contribution in [0.4, 0.5) is 4.39 Å². The third-order valence-corrected chi connectivity index (χ3v) is 1.98. The molecule has 0 unspecified atom stereocenters. The van der Waals surface area contributed by atoms with Crippen LogP contribution in [-0.2, 0) is 6.42 Å². The van der Waals surface area contributed by atoms with E-state index in [-0.39, 0.29) is 12.4 Å². The van der Waals surface area contributed by atoms with Crippen molar-refractivity contribution in [3.8, 4) is 5.75 Å². The van der Waals surface area contributed by atoms with Gasteiger partial charge in [0, 0.05) is 0 Å². The fourth-order valence-electron chi connectivity index (χ4n) is 1.13. The van der Waals surface area contributed by atoms with Crippen LogP contribution in [0.5, 0.6) is 5.75 Å². The predicted octanol–water partition coefficient (Wildman–Crippen LogP) is 2.54. The Morgan fingerprint density at radius 2 is 2.07 bits per heavy atom. The number of halogens is 1. The minimum atomic E-state index is -0.950. The van der Waals surface area contributed by atoms with Crippen molar-refractivity contribution in [2.45, 2.75) is 32.8 Å². The molecule has 84 valence electrons. The largest absolute Gasteiger partial charge is 0.488 e. The maximum atomic E-state index is 13.3. The van der Waals surface area contributed by atoms with Gasteiger partial charge in [-0.15, -0.1) is 0 Å². The van der Waals surface area contributed by atoms with E-state index in [0.29, 0.717) is 0 Å². The molecule has 0 saturated carbocycles. The van der Waals surface area contributed by atoms with Crippen LogP contribution in [0.25, 0.3) is 0 Å². The highest BCUT2D eigenvalue weighted by Gasteiger charge is 2.14. The van der Waals surface area contributed by atoms with Gasteiger partial charge in [-0.2, -0.15) is 0 Å². The zero-order valence-electron chi connectivity index (χ0n) is 9.38. The molecular weight excluding hydrogens is 195 g/mol. The number of aliphatic hydroxyl groups is 1. The molecule has 1 aromatic carbocycles. The van der Waals surface area contributed by atoms with Crippen LogP contribution >= 0.6 is 0 Å². The summed E-state index contributed by atoms with van der Waals surface area (Å²) in [5.74, 6) is -0.187. The van der Waals surface area contributed by atoms with Crippen LogP contribution < -0.4 is 4.74 Å². The molecule has 0 fully saturated rings. The summed E-state index contributed by atoms with van der Waals surface area (Å²) in [6.45, 7) is 5.31. The molecule has 1 aromatic rings. The first-order valence-corrected chi connectivity index (χ1v) is 5.06. The Morgan fingerprint density at radius 1 is 1.40 bits per heavy atom. The first-order chi connectivity index (χ1) is 6.92. The van der Waals surface area contributed by atoms with Crippen LogP contribution in [0.2, 0.25) is 0 Å². The first-order valence-electron chi connectivity index (χ1n) is 5.06. The quantitative estimate of drug-likeness (QED) is 0.831. The lowest BCUT2D eigenvalue weighted by Gasteiger charge is -2.18. The highest BCUT2D eigenvalue weighted by Crippen LogP contribution is 2.20. The van der Waals surface area contributed by atoms with Crippen LogP contribution in [0.3, 0.4) is 0 Å². The molecule has 3 heteroatoms. The molecule has 0 saturated heterocycles. The second-order valence-corrected chi connectivity index (χ2v) is 4.22. The standard InChI is InChI=1S/C12H17FO2/c1-4-9-5-6-10(13)11(7-9)15-8-12(2,3)14/h5-7,14H,4,8H2,1-3H3. The maximum Gasteiger partial charge on any atom is 0.165 e. The van der Waals surface area contributed by atoms with E-state index < -0.39 is 11.4 Å². The summed E-state index contributed by atoms with van der Waals surface area (Å²) >= 11 is 0. The SMILES string of the molecule is CCc1ccc(F)c(OCC(C)(C)O)c1. The molecule has 0 aliphatic heterocycles. The van der Waals surface area contributed by atoms with E-state index in [0.717, 1.165) is 12.0 Å². The summed E-state index contributed by atoms with van der Waals surface area (Å²) < 4.78 is 18.5. The van der Waals surface area contributed by atoms with Gasteiger partial charge in [-0.1, -0.05) is 13.0 Å². The topological polar surface area (TPSA) is 29.5 Å². The third kappa shape index (κ3) is 3.88. The van der Waals surface area contributed by atoms with E-state index in [9.17, 15) is 9.50 Å². The molecular formula is C12H17FO2. The second-order valence-electron chi connectivity index (χ2n) is 4.22. The maximum absolute atomic E-state index is 13.3. The lowest BCUT2D eigenvalue weighted by atomic mass is 10.1. The summed E-state index contributed by atoms with van der Waals surface area (Å²) in [6, 6.07) is 4.78. The number of rotatable bonds is 4. The average molecular weight is 212 g/mol. The number of benzene rings is 1. The molecule has 0 spiro atoms. The van der Waals surface area contributed by atoms with Crippen molar-refractivity contribution < 1.29 is 14.2 Å². The van der Waals surface area contributed by atoms with Crippen molar-refractivity contribution in [1.29, 1.82) is 0 Å². The molecule has 0 heterocycles. The van der Waals surface area contributed by atoms with E-state index in [2.05, 4.69) is 0 Å². The zero-order chi connectivity index (χ0) is 11.5. The normalized spacial score (nSPS) is 11.5. The lowest BCUT2D eigenvalue weighted by Crippen LogP contribution is -2.28. The summed E-state index contributed by atoms with van der Waals surface area (Å²) in [5, 5.41) is 9.45. The summed E-state index contributed by atoms with van der Waals surface area (Å²) in [4.78, 5) is 0. The highest BCUT2D eigenvalue weighted by atomic mass is 19.1. The Bertz CT molecular complexity index is 329. The molecule has 0 aromatic heterocycles. The van der Waals surface area contributed by atoms with Crippen molar-refractivity contribution >= 4 is 0 Å². The predicted molar refractivity (Wildman–Crippen MR) is 57.6 cm³/mol. The van der Waals surface area contributed by atoms with Gasteiger partial charge >= 0.3 is 0 Å². The van der Waals surface area contributed by atoms with Gasteiger partial charge in [-0.25, -0.2) is 4.39 Å². The van der Waals surface area contributed by atoms with Gasteiger partial charge in [0.2, 0.25) is 0 Å². The van der Waals surface area contributed by atoms with Gasteiger partial charge in [0.05, 0.1) is 5.60 Å². The average Bonchev–Trinajstić information content (AvgIpc) is 2.15. The Kier molecular flexibility index (Phi) is 3.69. The van der Waals surface area contributed by atoms with E-state index in [1.54, 1.807) is 26.0 Å². The monoisotopic (exact) mass is 212 g/mol. The molecule has 0 aliphatic carbocycles. The van der Waals surface area contributed by atoms with Gasteiger partial charge in [0.1, 0.15) is 6.61 Å². The van der Waals surface area contributed by atoms with Crippen molar-refractivity contribution in [2.24, 2.45) is 0 Å². The smallest absolute Gasteiger partial charge is 0.165 e. The van der Waals surface area contributed by atoms with E-state index in [1.165, 1.54) is 6.07 Å². The Morgan fingerprint density at radius 3 is 2.60 bits per heavy atom. The van der Waals surface area contributed by atoms with Crippen LogP contribution in [0.15, 0.2) is 18.2 Å². The molecule has 0 bridgehead atoms. The Hall–Kier alpha value is -1.09. The van der Waals surface area contributed by atoms with Gasteiger partial charge in [-0.05, 0) is 38.0 Å². The van der Waals surface area contributed by atoms with Crippen LogP contribution in [-0.4, -0.2) is 17.3 Å². The van der Waals surface area contributed by atoms with Gasteiger partial charge < -0.3 is 9.84 Å². The van der Waals surface area contributed by atoms with E-state index in [4.69, 9.17) is 4.74 Å². The highest BCUT2D eigenvalue weighted by molar-refractivity contribution is 5.30. The van der Waals surface area contributed by atoms with Crippen LogP contribution in [0.1, 0.15) is 26.3 Å². The minimum Gasteiger partial charge on any atom is -0.488 e. The minimum absolute atomic E-state index is 0.0804. The van der Waals surface area contributed by atoms with Crippen LogP contribution in [0, 0.1) is 5.82 Å². The number of ether oxygens (including phenoxy) is 1. The molecule has 15 heavy (non-hydrogen) atoms. The van der Waals surface area contributed by atoms with Gasteiger partial charge in [-0.3, -0.25) is 0 Å². The van der Waals surface area contributed by atoms with E-state index >= 15 is 0 Å². The molecule has 1 N–H and O–H groups in total. The zero-order valence-corrected chi connectivity index (χ0v) is 9.38. The summed E-state index contributed by atoms with van der Waals surface area (Å²) in [5.41, 5.74) is 0.0661. The van der Waals surface area contributed by atoms with Crippen molar-refractivity contribution in [3.63, 3.8) is 0 Å². The molecule has 0 radical (unpaired) electrons. The first kappa shape index (κ1) is 12.0. The number of hydrogen-bond acceptors (Lipinski definition) is 2. The van der Waals surface area contributed by atoms with Crippen molar-refractivity contribution in [2.75, 3.05) is 6.61 Å². The summed E-state index contributed by atoms with van der Waals surface area (Å²) in [6.07, 6.45) is 0.832. The third-order valence-electron chi connectivity index (χ3n) is 1.98. The molecule has 2 nitrogen and oxygen atoms in total. The van der Waals surface area contributed by atoms with E-state index in [1.807, 2.05) is 6.92 Å². The van der Waals surface area contributed by atoms with Gasteiger partial charge in [0.15, 0.2) is 11.6 Å². The second kappa shape index (κ2) is 4.62. The fourth-order valence-corrected chi connectivity index (χ4v) is 1.13. The number of aryl methyl sites for hydroxylation is 1. The lowest BCUT2D eigenvalue weighted by molar-refractivity contribution is 0.0271. The summed E-state index contributed by atoms with van der Waals surface area (Å²) in [7, 11) is 0. The molecule has 0 atom stereocenters. The number of hydrogen-bond donors (Lipinski definition) is 1. The Labute approximate surface area is 89.7 Å². The molecule has 1 rings (SSSR count).